The number of fused-ring (bicyclic) bond motifs is 3. The molecule has 1 unspecified atom stereocenters. The first-order valence-corrected chi connectivity index (χ1v) is 13.9. The van der Waals surface area contributed by atoms with Gasteiger partial charge in [0.15, 0.2) is 5.82 Å². The number of anilines is 1. The number of aryl methyl sites for hydroxylation is 1. The first-order valence-electron chi connectivity index (χ1n) is 13.9. The standard InChI is InChI=1S/C21H23N5O2.C9H19N.U/c1-4-5-19(27)17-8-13(2)16(12-23-17)15-9-14-11-24-20(25(3)28)10-18(14)26-7-6-22-21(15)26;1-3-7-10(4-2)8-9-5-6-9;/h6-12,19,27-28H,4-5H2,1-3H3;9H,3-8H2,1-2H3;. The number of aliphatic hydroxyl groups excluding tert-OH is 1. The maximum atomic E-state index is 10.2. The number of imidazole rings is 1. The fourth-order valence-corrected chi connectivity index (χ4v) is 4.88. The Labute approximate surface area is 255 Å². The summed E-state index contributed by atoms with van der Waals surface area (Å²) < 4.78 is 1.98. The van der Waals surface area contributed by atoms with Crippen molar-refractivity contribution in [2.24, 2.45) is 5.92 Å². The first-order chi connectivity index (χ1) is 18.4. The van der Waals surface area contributed by atoms with E-state index in [1.165, 1.54) is 45.9 Å². The summed E-state index contributed by atoms with van der Waals surface area (Å²) in [5, 5.41) is 21.9. The van der Waals surface area contributed by atoms with Gasteiger partial charge in [-0.15, -0.1) is 0 Å². The molecule has 1 aliphatic rings. The molecule has 5 rings (SSSR count). The number of hydroxylamine groups is 1. The molecule has 2 N–H and O–H groups in total. The van der Waals surface area contributed by atoms with E-state index < -0.39 is 6.10 Å². The second-order valence-electron chi connectivity index (χ2n) is 10.4. The molecule has 0 amide bonds. The maximum Gasteiger partial charge on any atom is 0.153 e. The first kappa shape index (κ1) is 31.5. The molecular formula is C30H42N6O2U. The second-order valence-corrected chi connectivity index (χ2v) is 10.4. The average Bonchev–Trinajstić information content (AvgIpc) is 3.59. The zero-order chi connectivity index (χ0) is 27.2. The van der Waals surface area contributed by atoms with E-state index >= 15 is 0 Å². The number of hydrogen-bond donors (Lipinski definition) is 2. The van der Waals surface area contributed by atoms with Crippen LogP contribution in [0.25, 0.3) is 27.7 Å². The van der Waals surface area contributed by atoms with Crippen LogP contribution in [0.1, 0.15) is 70.2 Å². The van der Waals surface area contributed by atoms with Crippen LogP contribution in [0, 0.1) is 44.0 Å². The molecule has 4 aromatic heterocycles. The summed E-state index contributed by atoms with van der Waals surface area (Å²) in [5.41, 5.74) is 5.35. The molecular weight excluding hydrogens is 714 g/mol. The van der Waals surface area contributed by atoms with Gasteiger partial charge in [-0.25, -0.2) is 15.0 Å². The molecule has 1 aliphatic carbocycles. The van der Waals surface area contributed by atoms with E-state index in [2.05, 4.69) is 33.7 Å². The molecule has 0 radical (unpaired) electrons. The Kier molecular flexibility index (Phi) is 11.8. The molecule has 1 fully saturated rings. The number of aliphatic hydroxyl groups is 1. The molecule has 4 heterocycles. The minimum Gasteiger partial charge on any atom is -0.387 e. The van der Waals surface area contributed by atoms with Crippen LogP contribution in [0.15, 0.2) is 43.0 Å². The van der Waals surface area contributed by atoms with Gasteiger partial charge >= 0.3 is 0 Å². The Hall–Kier alpha value is -2.02. The molecule has 1 saturated carbocycles. The molecule has 8 nitrogen and oxygen atoms in total. The van der Waals surface area contributed by atoms with Crippen LogP contribution < -0.4 is 5.06 Å². The summed E-state index contributed by atoms with van der Waals surface area (Å²) in [6.45, 7) is 12.5. The van der Waals surface area contributed by atoms with Crippen LogP contribution >= 0.6 is 0 Å². The predicted molar refractivity (Wildman–Crippen MR) is 154 cm³/mol. The van der Waals surface area contributed by atoms with Crippen LogP contribution in [0.4, 0.5) is 5.82 Å². The van der Waals surface area contributed by atoms with Gasteiger partial charge in [-0.05, 0) is 69.3 Å². The van der Waals surface area contributed by atoms with Crippen molar-refractivity contribution >= 4 is 22.4 Å². The topological polar surface area (TPSA) is 90.0 Å². The number of aromatic nitrogens is 4. The van der Waals surface area contributed by atoms with Crippen molar-refractivity contribution in [1.29, 1.82) is 0 Å². The molecule has 0 aromatic carbocycles. The van der Waals surface area contributed by atoms with Crippen LogP contribution in [0.5, 0.6) is 0 Å². The normalized spacial score (nSPS) is 13.7. The molecule has 0 aliphatic heterocycles. The minimum atomic E-state index is -0.543. The van der Waals surface area contributed by atoms with E-state index in [0.717, 1.165) is 50.6 Å². The largest absolute Gasteiger partial charge is 0.387 e. The van der Waals surface area contributed by atoms with Crippen LogP contribution in [0.3, 0.4) is 0 Å². The van der Waals surface area contributed by atoms with Crippen molar-refractivity contribution in [3.8, 4) is 11.1 Å². The minimum absolute atomic E-state index is 0. The molecule has 208 valence electrons. The van der Waals surface area contributed by atoms with E-state index in [0.29, 0.717) is 17.9 Å². The summed E-state index contributed by atoms with van der Waals surface area (Å²) in [4.78, 5) is 15.9. The van der Waals surface area contributed by atoms with Crippen molar-refractivity contribution in [2.45, 2.75) is 65.9 Å². The summed E-state index contributed by atoms with van der Waals surface area (Å²) in [7, 11) is 1.54. The van der Waals surface area contributed by atoms with E-state index in [-0.39, 0.29) is 31.1 Å². The quantitative estimate of drug-likeness (QED) is 0.191. The Morgan fingerprint density at radius 3 is 2.41 bits per heavy atom. The summed E-state index contributed by atoms with van der Waals surface area (Å²) in [5.74, 6) is 1.52. The maximum absolute atomic E-state index is 10.2. The van der Waals surface area contributed by atoms with E-state index in [9.17, 15) is 10.3 Å². The van der Waals surface area contributed by atoms with E-state index in [4.69, 9.17) is 0 Å². The van der Waals surface area contributed by atoms with Gasteiger partial charge in [-0.1, -0.05) is 27.2 Å². The zero-order valence-corrected chi connectivity index (χ0v) is 28.1. The van der Waals surface area contributed by atoms with Gasteiger partial charge in [-0.3, -0.25) is 14.6 Å². The van der Waals surface area contributed by atoms with Crippen molar-refractivity contribution < 1.29 is 41.4 Å². The fourth-order valence-electron chi connectivity index (χ4n) is 4.88. The molecule has 39 heavy (non-hydrogen) atoms. The van der Waals surface area contributed by atoms with Crippen LogP contribution in [-0.4, -0.2) is 61.2 Å². The molecule has 0 spiro atoms. The SMILES string of the molecule is CCCC(O)c1cc(C)c(-c2cc3cnc(N(C)O)cc3n3ccnc23)cn1.CCCN(CC)CC1CC1.[U]. The smallest absolute Gasteiger partial charge is 0.153 e. The van der Waals surface area contributed by atoms with Gasteiger partial charge in [-0.2, -0.15) is 0 Å². The number of hydrogen-bond acceptors (Lipinski definition) is 7. The van der Waals surface area contributed by atoms with Gasteiger partial charge in [0.05, 0.1) is 17.3 Å². The number of nitrogens with zero attached hydrogens (tertiary/aromatic N) is 6. The summed E-state index contributed by atoms with van der Waals surface area (Å²) in [6, 6.07) is 5.81. The van der Waals surface area contributed by atoms with Crippen molar-refractivity contribution in [3.63, 3.8) is 0 Å². The van der Waals surface area contributed by atoms with Crippen molar-refractivity contribution in [2.75, 3.05) is 31.7 Å². The summed E-state index contributed by atoms with van der Waals surface area (Å²) in [6.07, 6.45) is 12.5. The van der Waals surface area contributed by atoms with Crippen LogP contribution in [0.2, 0.25) is 0 Å². The van der Waals surface area contributed by atoms with Gasteiger partial charge in [0.2, 0.25) is 0 Å². The zero-order valence-electron chi connectivity index (χ0n) is 23.9. The number of rotatable bonds is 10. The molecule has 0 saturated heterocycles. The van der Waals surface area contributed by atoms with Gasteiger partial charge in [0.25, 0.3) is 0 Å². The monoisotopic (exact) mass is 756 g/mol. The second kappa shape index (κ2) is 14.6. The van der Waals surface area contributed by atoms with Crippen molar-refractivity contribution in [1.82, 2.24) is 24.3 Å². The predicted octanol–water partition coefficient (Wildman–Crippen LogP) is 6.04. The Balaban J connectivity index is 0.000000324. The van der Waals surface area contributed by atoms with Crippen molar-refractivity contribution in [3.05, 3.63) is 54.2 Å². The van der Waals surface area contributed by atoms with E-state index in [1.54, 1.807) is 12.4 Å². The van der Waals surface area contributed by atoms with E-state index in [1.807, 2.05) is 48.8 Å². The molecule has 0 bridgehead atoms. The van der Waals surface area contributed by atoms with Crippen LogP contribution in [-0.2, 0) is 0 Å². The third kappa shape index (κ3) is 7.80. The van der Waals surface area contributed by atoms with Gasteiger partial charge in [0, 0.05) is 92.1 Å². The summed E-state index contributed by atoms with van der Waals surface area (Å²) >= 11 is 0. The fraction of sp³-hybridized carbons (Fsp3) is 0.500. The Bertz CT molecular complexity index is 1350. The third-order valence-corrected chi connectivity index (χ3v) is 7.20. The molecule has 4 aromatic rings. The Morgan fingerprint density at radius 1 is 1.03 bits per heavy atom. The number of pyridine rings is 3. The Morgan fingerprint density at radius 2 is 1.79 bits per heavy atom. The molecule has 9 heteroatoms. The van der Waals surface area contributed by atoms with Gasteiger partial charge in [0.1, 0.15) is 5.65 Å². The third-order valence-electron chi connectivity index (χ3n) is 7.20. The van der Waals surface area contributed by atoms with Gasteiger partial charge < -0.3 is 10.0 Å². The molecule has 1 atom stereocenters. The average molecular weight is 757 g/mol.